The van der Waals surface area contributed by atoms with Crippen LogP contribution in [0.1, 0.15) is 35.6 Å². The fourth-order valence-corrected chi connectivity index (χ4v) is 5.83. The van der Waals surface area contributed by atoms with Crippen molar-refractivity contribution in [2.45, 2.75) is 46.2 Å². The van der Waals surface area contributed by atoms with Crippen molar-refractivity contribution in [3.05, 3.63) is 99.0 Å². The highest BCUT2D eigenvalue weighted by Gasteiger charge is 2.33. The van der Waals surface area contributed by atoms with Gasteiger partial charge in [-0.2, -0.15) is 0 Å². The van der Waals surface area contributed by atoms with E-state index in [-0.39, 0.29) is 18.9 Å². The average molecular weight is 605 g/mol. The Kier molecular flexibility index (Phi) is 11.0. The molecule has 0 spiro atoms. The molecule has 214 valence electrons. The molecule has 0 fully saturated rings. The van der Waals surface area contributed by atoms with Gasteiger partial charge in [0, 0.05) is 35.1 Å². The highest BCUT2D eigenvalue weighted by Crippen LogP contribution is 2.28. The van der Waals surface area contributed by atoms with Crippen LogP contribution in [0.4, 0.5) is 5.69 Å². The van der Waals surface area contributed by atoms with Gasteiger partial charge >= 0.3 is 0 Å². The molecule has 0 heterocycles. The minimum absolute atomic E-state index is 0.0845. The average Bonchev–Trinajstić information content (AvgIpc) is 2.88. The zero-order chi connectivity index (χ0) is 29.4. The predicted octanol–water partition coefficient (Wildman–Crippen LogP) is 5.54. The Hall–Kier alpha value is -3.07. The number of carbonyl (C=O) groups excluding carboxylic acids is 2. The minimum atomic E-state index is -3.86. The number of benzene rings is 3. The van der Waals surface area contributed by atoms with Crippen LogP contribution in [0, 0.1) is 13.8 Å². The van der Waals surface area contributed by atoms with Crippen molar-refractivity contribution in [1.29, 1.82) is 0 Å². The molecule has 0 radical (unpaired) electrons. The van der Waals surface area contributed by atoms with E-state index in [1.165, 1.54) is 4.90 Å². The van der Waals surface area contributed by atoms with E-state index < -0.39 is 28.5 Å². The summed E-state index contributed by atoms with van der Waals surface area (Å²) in [7, 11) is -3.86. The van der Waals surface area contributed by atoms with Gasteiger partial charge in [0.2, 0.25) is 21.8 Å². The molecule has 0 bridgehead atoms. The second-order valence-electron chi connectivity index (χ2n) is 9.83. The maximum atomic E-state index is 14.1. The summed E-state index contributed by atoms with van der Waals surface area (Å²) in [4.78, 5) is 29.1. The van der Waals surface area contributed by atoms with Gasteiger partial charge in [0.05, 0.1) is 11.9 Å². The van der Waals surface area contributed by atoms with E-state index in [1.807, 2.05) is 57.2 Å². The smallest absolute Gasteiger partial charge is 0.244 e. The number of amides is 2. The van der Waals surface area contributed by atoms with Gasteiger partial charge in [-0.05, 0) is 61.2 Å². The minimum Gasteiger partial charge on any atom is -0.354 e. The van der Waals surface area contributed by atoms with Crippen LogP contribution in [0.25, 0.3) is 0 Å². The lowest BCUT2D eigenvalue weighted by molar-refractivity contribution is -0.140. The topological polar surface area (TPSA) is 86.8 Å². The Balaban J connectivity index is 2.11. The first-order valence-electron chi connectivity index (χ1n) is 13.0. The first-order valence-corrected chi connectivity index (χ1v) is 15.6. The number of sulfonamides is 1. The van der Waals surface area contributed by atoms with Gasteiger partial charge < -0.3 is 10.2 Å². The van der Waals surface area contributed by atoms with Gasteiger partial charge in [-0.15, -0.1) is 0 Å². The largest absolute Gasteiger partial charge is 0.354 e. The molecule has 40 heavy (non-hydrogen) atoms. The Morgan fingerprint density at radius 2 is 1.52 bits per heavy atom. The molecule has 0 unspecified atom stereocenters. The second-order valence-corrected chi connectivity index (χ2v) is 12.6. The van der Waals surface area contributed by atoms with Crippen LogP contribution in [0.2, 0.25) is 10.0 Å². The number of rotatable bonds is 12. The van der Waals surface area contributed by atoms with Crippen LogP contribution >= 0.6 is 23.2 Å². The van der Waals surface area contributed by atoms with E-state index >= 15 is 0 Å². The van der Waals surface area contributed by atoms with Crippen molar-refractivity contribution in [3.8, 4) is 0 Å². The molecule has 3 rings (SSSR count). The number of hydrogen-bond donors (Lipinski definition) is 1. The van der Waals surface area contributed by atoms with E-state index in [4.69, 9.17) is 23.2 Å². The molecule has 3 aromatic rings. The van der Waals surface area contributed by atoms with E-state index in [2.05, 4.69) is 5.32 Å². The van der Waals surface area contributed by atoms with Crippen LogP contribution in [-0.4, -0.2) is 50.5 Å². The summed E-state index contributed by atoms with van der Waals surface area (Å²) in [5.74, 6) is -0.910. The molecule has 0 aliphatic heterocycles. The second kappa shape index (κ2) is 14.0. The fraction of sp³-hybridized carbons (Fsp3) is 0.333. The summed E-state index contributed by atoms with van der Waals surface area (Å²) in [5, 5.41) is 3.58. The summed E-state index contributed by atoms with van der Waals surface area (Å²) < 4.78 is 27.0. The molecule has 0 aliphatic carbocycles. The van der Waals surface area contributed by atoms with E-state index in [0.717, 1.165) is 27.3 Å². The van der Waals surface area contributed by atoms with Gasteiger partial charge in [0.15, 0.2) is 0 Å². The Bertz CT molecular complexity index is 1410. The van der Waals surface area contributed by atoms with Crippen LogP contribution < -0.4 is 9.62 Å². The molecule has 1 N–H and O–H groups in total. The quantitative estimate of drug-likeness (QED) is 0.294. The van der Waals surface area contributed by atoms with Crippen molar-refractivity contribution < 1.29 is 18.0 Å². The van der Waals surface area contributed by atoms with E-state index in [0.29, 0.717) is 34.3 Å². The number of anilines is 1. The van der Waals surface area contributed by atoms with Crippen molar-refractivity contribution >= 4 is 50.7 Å². The van der Waals surface area contributed by atoms with Gasteiger partial charge in [-0.1, -0.05) is 72.6 Å². The van der Waals surface area contributed by atoms with Crippen LogP contribution in [0.15, 0.2) is 66.7 Å². The number of carbonyl (C=O) groups is 2. The third-order valence-electron chi connectivity index (χ3n) is 6.38. The molecular formula is C30H35Cl2N3O4S. The summed E-state index contributed by atoms with van der Waals surface area (Å²) >= 11 is 13.0. The van der Waals surface area contributed by atoms with E-state index in [9.17, 15) is 18.0 Å². The zero-order valence-corrected chi connectivity index (χ0v) is 25.5. The SMILES string of the molecule is CCCNC(=O)[C@@H](Cc1ccccc1)N(Cc1c(Cl)cccc1Cl)C(=O)CN(c1cc(C)cc(C)c1)S(C)(=O)=O. The third-order valence-corrected chi connectivity index (χ3v) is 8.23. The molecule has 0 saturated heterocycles. The highest BCUT2D eigenvalue weighted by molar-refractivity contribution is 7.92. The Morgan fingerprint density at radius 1 is 0.925 bits per heavy atom. The van der Waals surface area contributed by atoms with Crippen LogP contribution in [0.5, 0.6) is 0 Å². The van der Waals surface area contributed by atoms with Crippen molar-refractivity contribution in [2.75, 3.05) is 23.7 Å². The molecule has 0 aromatic heterocycles. The summed E-state index contributed by atoms with van der Waals surface area (Å²) in [6.07, 6.45) is 1.98. The molecular weight excluding hydrogens is 569 g/mol. The van der Waals surface area contributed by atoms with Gasteiger partial charge in [0.1, 0.15) is 12.6 Å². The summed E-state index contributed by atoms with van der Waals surface area (Å²) in [6.45, 7) is 5.50. The summed E-state index contributed by atoms with van der Waals surface area (Å²) in [6, 6.07) is 18.8. The molecule has 10 heteroatoms. The number of aryl methyl sites for hydroxylation is 2. The summed E-state index contributed by atoms with van der Waals surface area (Å²) in [5.41, 5.74) is 3.40. The zero-order valence-electron chi connectivity index (χ0n) is 23.2. The number of halogens is 2. The maximum Gasteiger partial charge on any atom is 0.244 e. The first kappa shape index (κ1) is 31.5. The first-order chi connectivity index (χ1) is 18.9. The monoisotopic (exact) mass is 603 g/mol. The molecule has 1 atom stereocenters. The maximum absolute atomic E-state index is 14.1. The van der Waals surface area contributed by atoms with Crippen molar-refractivity contribution in [3.63, 3.8) is 0 Å². The van der Waals surface area contributed by atoms with Crippen LogP contribution in [0.3, 0.4) is 0 Å². The predicted molar refractivity (Wildman–Crippen MR) is 162 cm³/mol. The molecule has 0 aliphatic rings. The number of nitrogens with one attached hydrogen (secondary N) is 1. The van der Waals surface area contributed by atoms with Gasteiger partial charge in [-0.3, -0.25) is 13.9 Å². The highest BCUT2D eigenvalue weighted by atomic mass is 35.5. The lowest BCUT2D eigenvalue weighted by Crippen LogP contribution is -2.53. The fourth-order valence-electron chi connectivity index (χ4n) is 4.48. The normalized spacial score (nSPS) is 12.1. The molecule has 0 saturated carbocycles. The van der Waals surface area contributed by atoms with Crippen LogP contribution in [-0.2, 0) is 32.6 Å². The number of nitrogens with zero attached hydrogens (tertiary/aromatic N) is 2. The van der Waals surface area contributed by atoms with Gasteiger partial charge in [0.25, 0.3) is 0 Å². The Morgan fingerprint density at radius 3 is 2.08 bits per heavy atom. The van der Waals surface area contributed by atoms with E-state index in [1.54, 1.807) is 30.3 Å². The lowest BCUT2D eigenvalue weighted by atomic mass is 10.0. The molecule has 7 nitrogen and oxygen atoms in total. The van der Waals surface area contributed by atoms with Crippen molar-refractivity contribution in [1.82, 2.24) is 10.2 Å². The molecule has 2 amide bonds. The number of hydrogen-bond acceptors (Lipinski definition) is 4. The van der Waals surface area contributed by atoms with Gasteiger partial charge in [-0.25, -0.2) is 8.42 Å². The lowest BCUT2D eigenvalue weighted by Gasteiger charge is -2.34. The standard InChI is InChI=1S/C30H35Cl2N3O4S/c1-5-14-33-30(37)28(18-23-10-7-6-8-11-23)34(19-25-26(31)12-9-13-27(25)32)29(36)20-35(40(4,38)39)24-16-21(2)15-22(3)17-24/h6-13,15-17,28H,5,14,18-20H2,1-4H3,(H,33,37)/t28-/m1/s1. The third kappa shape index (κ3) is 8.46. The van der Waals surface area contributed by atoms with Crippen molar-refractivity contribution in [2.24, 2.45) is 0 Å². The molecule has 3 aromatic carbocycles. The Labute approximate surface area is 247 Å².